The zero-order chi connectivity index (χ0) is 16.9. The first-order valence-corrected chi connectivity index (χ1v) is 7.68. The fourth-order valence-corrected chi connectivity index (χ4v) is 2.41. The van der Waals surface area contributed by atoms with Crippen LogP contribution in [0.2, 0.25) is 0 Å². The Morgan fingerprint density at radius 1 is 0.917 bits per heavy atom. The standard InChI is InChI=1S/C18H14N2O3S/c21-16-14(17(22)20-18(24)19-16)10-13-8-4-5-9-15(13)23-11-12-6-2-1-3-7-12/h1-10H,11H2,(H2,19,20,21,22,24). The van der Waals surface area contributed by atoms with Crippen LogP contribution in [0.3, 0.4) is 0 Å². The predicted molar refractivity (Wildman–Crippen MR) is 94.1 cm³/mol. The summed E-state index contributed by atoms with van der Waals surface area (Å²) >= 11 is 4.78. The van der Waals surface area contributed by atoms with E-state index in [-0.39, 0.29) is 10.7 Å². The normalized spacial score (nSPS) is 14.0. The molecule has 24 heavy (non-hydrogen) atoms. The average Bonchev–Trinajstić information content (AvgIpc) is 2.58. The summed E-state index contributed by atoms with van der Waals surface area (Å²) in [5.41, 5.74) is 1.65. The van der Waals surface area contributed by atoms with Crippen LogP contribution in [0.4, 0.5) is 0 Å². The zero-order valence-electron chi connectivity index (χ0n) is 12.6. The number of carbonyl (C=O) groups is 2. The maximum atomic E-state index is 11.9. The first kappa shape index (κ1) is 15.9. The molecule has 0 unspecified atom stereocenters. The van der Waals surface area contributed by atoms with Crippen molar-refractivity contribution in [3.05, 3.63) is 71.3 Å². The van der Waals surface area contributed by atoms with Gasteiger partial charge in [-0.3, -0.25) is 20.2 Å². The molecular formula is C18H14N2O3S. The van der Waals surface area contributed by atoms with Crippen LogP contribution in [-0.2, 0) is 16.2 Å². The van der Waals surface area contributed by atoms with Gasteiger partial charge in [0, 0.05) is 5.56 Å². The first-order chi connectivity index (χ1) is 11.6. The Balaban J connectivity index is 1.84. The highest BCUT2D eigenvalue weighted by atomic mass is 32.1. The molecule has 2 aromatic rings. The Bertz CT molecular complexity index is 809. The van der Waals surface area contributed by atoms with Crippen LogP contribution >= 0.6 is 12.2 Å². The second kappa shape index (κ2) is 7.06. The summed E-state index contributed by atoms with van der Waals surface area (Å²) in [6.45, 7) is 0.392. The van der Waals surface area contributed by atoms with E-state index in [0.29, 0.717) is 17.9 Å². The van der Waals surface area contributed by atoms with E-state index in [0.717, 1.165) is 5.56 Å². The molecule has 120 valence electrons. The van der Waals surface area contributed by atoms with Crippen molar-refractivity contribution >= 4 is 35.2 Å². The van der Waals surface area contributed by atoms with Gasteiger partial charge in [-0.15, -0.1) is 0 Å². The van der Waals surface area contributed by atoms with E-state index in [1.807, 2.05) is 42.5 Å². The summed E-state index contributed by atoms with van der Waals surface area (Å²) in [7, 11) is 0. The number of nitrogens with one attached hydrogen (secondary N) is 2. The third-order valence-corrected chi connectivity index (χ3v) is 3.60. The molecule has 1 aliphatic rings. The van der Waals surface area contributed by atoms with Crippen molar-refractivity contribution in [2.24, 2.45) is 0 Å². The molecule has 2 N–H and O–H groups in total. The molecule has 5 nitrogen and oxygen atoms in total. The van der Waals surface area contributed by atoms with Gasteiger partial charge in [0.15, 0.2) is 5.11 Å². The van der Waals surface area contributed by atoms with Gasteiger partial charge in [0.2, 0.25) is 0 Å². The highest BCUT2D eigenvalue weighted by Crippen LogP contribution is 2.22. The SMILES string of the molecule is O=C1NC(=S)NC(=O)C1=Cc1ccccc1OCc1ccccc1. The van der Waals surface area contributed by atoms with Gasteiger partial charge in [-0.05, 0) is 29.9 Å². The second-order valence-corrected chi connectivity index (χ2v) is 5.52. The fraction of sp³-hybridized carbons (Fsp3) is 0.0556. The summed E-state index contributed by atoms with van der Waals surface area (Å²) in [5.74, 6) is -0.467. The van der Waals surface area contributed by atoms with Crippen molar-refractivity contribution in [3.63, 3.8) is 0 Å². The van der Waals surface area contributed by atoms with Gasteiger partial charge in [0.1, 0.15) is 17.9 Å². The quantitative estimate of drug-likeness (QED) is 0.509. The molecule has 1 aliphatic heterocycles. The summed E-state index contributed by atoms with van der Waals surface area (Å²) in [6.07, 6.45) is 1.49. The molecule has 6 heteroatoms. The summed E-state index contributed by atoms with van der Waals surface area (Å²) < 4.78 is 5.82. The van der Waals surface area contributed by atoms with Crippen LogP contribution in [0.25, 0.3) is 6.08 Å². The lowest BCUT2D eigenvalue weighted by atomic mass is 10.1. The Kier molecular flexibility index (Phi) is 4.67. The number of carbonyl (C=O) groups excluding carboxylic acids is 2. The molecule has 1 heterocycles. The van der Waals surface area contributed by atoms with Gasteiger partial charge in [0.05, 0.1) is 0 Å². The van der Waals surface area contributed by atoms with Crippen LogP contribution in [-0.4, -0.2) is 16.9 Å². The summed E-state index contributed by atoms with van der Waals surface area (Å²) in [5, 5.41) is 4.83. The lowest BCUT2D eigenvalue weighted by Crippen LogP contribution is -2.51. The topological polar surface area (TPSA) is 67.4 Å². The molecular weight excluding hydrogens is 324 g/mol. The van der Waals surface area contributed by atoms with Crippen molar-refractivity contribution in [2.75, 3.05) is 0 Å². The van der Waals surface area contributed by atoms with Crippen molar-refractivity contribution in [3.8, 4) is 5.75 Å². The fourth-order valence-electron chi connectivity index (χ4n) is 2.23. The minimum Gasteiger partial charge on any atom is -0.488 e. The van der Waals surface area contributed by atoms with Crippen molar-refractivity contribution in [1.82, 2.24) is 10.6 Å². The van der Waals surface area contributed by atoms with Gasteiger partial charge >= 0.3 is 0 Å². The molecule has 0 saturated carbocycles. The van der Waals surface area contributed by atoms with Crippen LogP contribution in [0.15, 0.2) is 60.2 Å². The molecule has 2 aromatic carbocycles. The second-order valence-electron chi connectivity index (χ2n) is 5.11. The molecule has 1 saturated heterocycles. The monoisotopic (exact) mass is 338 g/mol. The van der Waals surface area contributed by atoms with E-state index < -0.39 is 11.8 Å². The maximum Gasteiger partial charge on any atom is 0.263 e. The molecule has 0 aliphatic carbocycles. The largest absolute Gasteiger partial charge is 0.488 e. The maximum absolute atomic E-state index is 11.9. The molecule has 0 spiro atoms. The minimum absolute atomic E-state index is 0.00997. The number of ether oxygens (including phenoxy) is 1. The first-order valence-electron chi connectivity index (χ1n) is 7.27. The Morgan fingerprint density at radius 3 is 2.25 bits per heavy atom. The highest BCUT2D eigenvalue weighted by Gasteiger charge is 2.25. The number of rotatable bonds is 4. The van der Waals surface area contributed by atoms with E-state index in [1.54, 1.807) is 12.1 Å². The summed E-state index contributed by atoms with van der Waals surface area (Å²) in [4.78, 5) is 23.9. The average molecular weight is 338 g/mol. The van der Waals surface area contributed by atoms with E-state index in [9.17, 15) is 9.59 Å². The molecule has 0 bridgehead atoms. The molecule has 3 rings (SSSR count). The lowest BCUT2D eigenvalue weighted by molar-refractivity contribution is -0.123. The van der Waals surface area contributed by atoms with E-state index in [1.165, 1.54) is 6.08 Å². The molecule has 2 amide bonds. The molecule has 0 aromatic heterocycles. The van der Waals surface area contributed by atoms with Crippen LogP contribution < -0.4 is 15.4 Å². The van der Waals surface area contributed by atoms with Crippen LogP contribution in [0.5, 0.6) is 5.75 Å². The number of para-hydroxylation sites is 1. The summed E-state index contributed by atoms with van der Waals surface area (Å²) in [6, 6.07) is 16.9. The number of amides is 2. The number of hydrogen-bond acceptors (Lipinski definition) is 4. The van der Waals surface area contributed by atoms with Gasteiger partial charge in [-0.25, -0.2) is 0 Å². The van der Waals surface area contributed by atoms with E-state index >= 15 is 0 Å². The Morgan fingerprint density at radius 2 is 1.54 bits per heavy atom. The highest BCUT2D eigenvalue weighted by molar-refractivity contribution is 7.80. The molecule has 0 atom stereocenters. The molecule has 1 fully saturated rings. The van der Waals surface area contributed by atoms with Crippen molar-refractivity contribution in [2.45, 2.75) is 6.61 Å². The predicted octanol–water partition coefficient (Wildman–Crippen LogP) is 2.18. The lowest BCUT2D eigenvalue weighted by Gasteiger charge is -2.17. The van der Waals surface area contributed by atoms with Crippen molar-refractivity contribution < 1.29 is 14.3 Å². The zero-order valence-corrected chi connectivity index (χ0v) is 13.4. The van der Waals surface area contributed by atoms with Gasteiger partial charge < -0.3 is 4.74 Å². The number of benzene rings is 2. The smallest absolute Gasteiger partial charge is 0.263 e. The van der Waals surface area contributed by atoms with Gasteiger partial charge in [-0.1, -0.05) is 48.5 Å². The van der Waals surface area contributed by atoms with E-state index in [2.05, 4.69) is 10.6 Å². The van der Waals surface area contributed by atoms with Gasteiger partial charge in [-0.2, -0.15) is 0 Å². The van der Waals surface area contributed by atoms with Crippen LogP contribution in [0, 0.1) is 0 Å². The molecule has 0 radical (unpaired) electrons. The van der Waals surface area contributed by atoms with Crippen LogP contribution in [0.1, 0.15) is 11.1 Å². The third kappa shape index (κ3) is 3.67. The number of thiocarbonyl (C=S) groups is 1. The minimum atomic E-state index is -0.526. The number of hydrogen-bond donors (Lipinski definition) is 2. The van der Waals surface area contributed by atoms with E-state index in [4.69, 9.17) is 17.0 Å². The van der Waals surface area contributed by atoms with Gasteiger partial charge in [0.25, 0.3) is 11.8 Å². The van der Waals surface area contributed by atoms with Crippen molar-refractivity contribution in [1.29, 1.82) is 0 Å². The Labute approximate surface area is 144 Å². The Hall–Kier alpha value is -2.99. The third-order valence-electron chi connectivity index (χ3n) is 3.40.